The van der Waals surface area contributed by atoms with E-state index in [1.165, 1.54) is 0 Å². The minimum atomic E-state index is -0.788. The SMILES string of the molecule is CCC(Oc1ccccc1C)C(=O)NNC(=O)C(C)Oc1ccc2ccccc2c1. The summed E-state index contributed by atoms with van der Waals surface area (Å²) in [5, 5.41) is 2.11. The second-order valence-electron chi connectivity index (χ2n) is 7.03. The Labute approximate surface area is 176 Å². The number of nitrogens with one attached hydrogen (secondary N) is 2. The van der Waals surface area contributed by atoms with Crippen molar-refractivity contribution in [3.05, 3.63) is 72.3 Å². The summed E-state index contributed by atoms with van der Waals surface area (Å²) < 4.78 is 11.5. The van der Waals surface area contributed by atoms with Crippen molar-refractivity contribution in [3.8, 4) is 11.5 Å². The summed E-state index contributed by atoms with van der Waals surface area (Å²) in [5.41, 5.74) is 5.77. The van der Waals surface area contributed by atoms with Crippen LogP contribution in [0.25, 0.3) is 10.8 Å². The van der Waals surface area contributed by atoms with Crippen molar-refractivity contribution in [1.82, 2.24) is 10.9 Å². The van der Waals surface area contributed by atoms with Gasteiger partial charge in [0, 0.05) is 0 Å². The van der Waals surface area contributed by atoms with E-state index in [1.54, 1.807) is 6.92 Å². The molecule has 0 aliphatic rings. The summed E-state index contributed by atoms with van der Waals surface area (Å²) in [6.45, 7) is 5.38. The fourth-order valence-corrected chi connectivity index (χ4v) is 2.97. The number of hydrazine groups is 1. The lowest BCUT2D eigenvalue weighted by Crippen LogP contribution is -2.51. The van der Waals surface area contributed by atoms with Crippen LogP contribution in [0.5, 0.6) is 11.5 Å². The van der Waals surface area contributed by atoms with Gasteiger partial charge >= 0.3 is 0 Å². The van der Waals surface area contributed by atoms with E-state index in [-0.39, 0.29) is 0 Å². The van der Waals surface area contributed by atoms with Gasteiger partial charge in [0.05, 0.1) is 0 Å². The van der Waals surface area contributed by atoms with Gasteiger partial charge < -0.3 is 9.47 Å². The van der Waals surface area contributed by atoms with Crippen molar-refractivity contribution in [3.63, 3.8) is 0 Å². The number of benzene rings is 3. The summed E-state index contributed by atoms with van der Waals surface area (Å²) in [6, 6.07) is 21.0. The van der Waals surface area contributed by atoms with E-state index in [2.05, 4.69) is 10.9 Å². The zero-order valence-corrected chi connectivity index (χ0v) is 17.3. The molecule has 0 bridgehead atoms. The van der Waals surface area contributed by atoms with Crippen LogP contribution in [0.15, 0.2) is 66.7 Å². The first-order valence-corrected chi connectivity index (χ1v) is 9.95. The van der Waals surface area contributed by atoms with Gasteiger partial charge in [-0.2, -0.15) is 0 Å². The summed E-state index contributed by atoms with van der Waals surface area (Å²) in [7, 11) is 0. The van der Waals surface area contributed by atoms with Crippen LogP contribution in [0.3, 0.4) is 0 Å². The van der Waals surface area contributed by atoms with Crippen molar-refractivity contribution in [2.75, 3.05) is 0 Å². The van der Waals surface area contributed by atoms with Gasteiger partial charge in [-0.25, -0.2) is 0 Å². The highest BCUT2D eigenvalue weighted by Crippen LogP contribution is 2.21. The van der Waals surface area contributed by atoms with Gasteiger partial charge in [-0.15, -0.1) is 0 Å². The van der Waals surface area contributed by atoms with Crippen molar-refractivity contribution >= 4 is 22.6 Å². The Hall–Kier alpha value is -3.54. The highest BCUT2D eigenvalue weighted by Gasteiger charge is 2.21. The smallest absolute Gasteiger partial charge is 0.279 e. The van der Waals surface area contributed by atoms with Crippen LogP contribution in [0.4, 0.5) is 0 Å². The second-order valence-corrected chi connectivity index (χ2v) is 7.03. The van der Waals surface area contributed by atoms with Gasteiger partial charge in [-0.3, -0.25) is 20.4 Å². The molecule has 0 saturated carbocycles. The molecule has 0 aromatic heterocycles. The van der Waals surface area contributed by atoms with Crippen LogP contribution >= 0.6 is 0 Å². The maximum atomic E-state index is 12.4. The molecule has 0 fully saturated rings. The van der Waals surface area contributed by atoms with Gasteiger partial charge in [0.25, 0.3) is 11.8 Å². The van der Waals surface area contributed by atoms with E-state index in [4.69, 9.17) is 9.47 Å². The predicted molar refractivity (Wildman–Crippen MR) is 116 cm³/mol. The quantitative estimate of drug-likeness (QED) is 0.583. The lowest BCUT2D eigenvalue weighted by Gasteiger charge is -2.20. The molecule has 0 radical (unpaired) electrons. The molecule has 2 unspecified atom stereocenters. The first kappa shape index (κ1) is 21.2. The van der Waals surface area contributed by atoms with Gasteiger partial charge in [-0.1, -0.05) is 55.5 Å². The summed E-state index contributed by atoms with van der Waals surface area (Å²) >= 11 is 0. The Balaban J connectivity index is 1.53. The molecule has 0 heterocycles. The topological polar surface area (TPSA) is 76.7 Å². The zero-order chi connectivity index (χ0) is 21.5. The highest BCUT2D eigenvalue weighted by atomic mass is 16.5. The van der Waals surface area contributed by atoms with E-state index in [9.17, 15) is 9.59 Å². The number of carbonyl (C=O) groups is 2. The third-order valence-electron chi connectivity index (χ3n) is 4.74. The molecule has 30 heavy (non-hydrogen) atoms. The number of amides is 2. The number of hydrogen-bond donors (Lipinski definition) is 2. The van der Waals surface area contributed by atoms with Crippen molar-refractivity contribution in [1.29, 1.82) is 0 Å². The molecular formula is C24H26N2O4. The molecule has 2 N–H and O–H groups in total. The molecule has 3 aromatic carbocycles. The molecule has 0 spiro atoms. The highest BCUT2D eigenvalue weighted by molar-refractivity contribution is 5.87. The van der Waals surface area contributed by atoms with E-state index < -0.39 is 24.0 Å². The zero-order valence-electron chi connectivity index (χ0n) is 17.3. The normalized spacial score (nSPS) is 12.6. The second kappa shape index (κ2) is 9.78. The molecular weight excluding hydrogens is 380 g/mol. The minimum absolute atomic E-state index is 0.424. The Bertz CT molecular complexity index is 1030. The molecule has 0 aliphatic carbocycles. The average molecular weight is 406 g/mol. The molecule has 2 atom stereocenters. The Morgan fingerprint density at radius 2 is 1.53 bits per heavy atom. The van der Waals surface area contributed by atoms with Gasteiger partial charge in [0.2, 0.25) is 0 Å². The number of ether oxygens (including phenoxy) is 2. The average Bonchev–Trinajstić information content (AvgIpc) is 2.76. The van der Waals surface area contributed by atoms with Gasteiger partial charge in [0.15, 0.2) is 12.2 Å². The maximum Gasteiger partial charge on any atom is 0.279 e. The molecule has 6 heteroatoms. The third kappa shape index (κ3) is 5.29. The number of aryl methyl sites for hydroxylation is 1. The molecule has 3 rings (SSSR count). The van der Waals surface area contributed by atoms with E-state index in [0.29, 0.717) is 17.9 Å². The first-order valence-electron chi connectivity index (χ1n) is 9.95. The van der Waals surface area contributed by atoms with Crippen molar-refractivity contribution in [2.24, 2.45) is 0 Å². The summed E-state index contributed by atoms with van der Waals surface area (Å²) in [5.74, 6) is 0.338. The number of fused-ring (bicyclic) bond motifs is 1. The van der Waals surface area contributed by atoms with Crippen molar-refractivity contribution in [2.45, 2.75) is 39.4 Å². The van der Waals surface area contributed by atoms with Gasteiger partial charge in [0.1, 0.15) is 11.5 Å². The van der Waals surface area contributed by atoms with Crippen LogP contribution in [0.1, 0.15) is 25.8 Å². The Morgan fingerprint density at radius 1 is 0.867 bits per heavy atom. The number of hydrogen-bond acceptors (Lipinski definition) is 4. The van der Waals surface area contributed by atoms with E-state index >= 15 is 0 Å². The maximum absolute atomic E-state index is 12.4. The van der Waals surface area contributed by atoms with Crippen LogP contribution < -0.4 is 20.3 Å². The molecule has 6 nitrogen and oxygen atoms in total. The first-order chi connectivity index (χ1) is 14.5. The third-order valence-corrected chi connectivity index (χ3v) is 4.74. The van der Waals surface area contributed by atoms with Crippen LogP contribution in [-0.4, -0.2) is 24.0 Å². The number of carbonyl (C=O) groups excluding carboxylic acids is 2. The lowest BCUT2D eigenvalue weighted by atomic mass is 10.1. The predicted octanol–water partition coefficient (Wildman–Crippen LogP) is 3.92. The minimum Gasteiger partial charge on any atom is -0.481 e. The Kier molecular flexibility index (Phi) is 6.91. The van der Waals surface area contributed by atoms with Crippen LogP contribution in [-0.2, 0) is 9.59 Å². The standard InChI is InChI=1S/C24H26N2O4/c1-4-21(30-22-12-8-5-9-16(22)2)24(28)26-25-23(27)17(3)29-20-14-13-18-10-6-7-11-19(18)15-20/h5-15,17,21H,4H2,1-3H3,(H,25,27)(H,26,28). The summed E-state index contributed by atoms with van der Waals surface area (Å²) in [6.07, 6.45) is -1.05. The molecule has 156 valence electrons. The summed E-state index contributed by atoms with van der Waals surface area (Å²) in [4.78, 5) is 24.8. The fraction of sp³-hybridized carbons (Fsp3) is 0.250. The van der Waals surface area contributed by atoms with Crippen LogP contribution in [0, 0.1) is 6.92 Å². The number of para-hydroxylation sites is 1. The Morgan fingerprint density at radius 3 is 2.27 bits per heavy atom. The molecule has 0 aliphatic heterocycles. The fourth-order valence-electron chi connectivity index (χ4n) is 2.97. The molecule has 3 aromatic rings. The van der Waals surface area contributed by atoms with E-state index in [1.807, 2.05) is 80.6 Å². The van der Waals surface area contributed by atoms with Crippen molar-refractivity contribution < 1.29 is 19.1 Å². The lowest BCUT2D eigenvalue weighted by molar-refractivity contribution is -0.135. The van der Waals surface area contributed by atoms with Gasteiger partial charge in [-0.05, 0) is 54.8 Å². The molecule has 2 amide bonds. The molecule has 0 saturated heterocycles. The monoisotopic (exact) mass is 406 g/mol. The number of rotatable bonds is 7. The van der Waals surface area contributed by atoms with Crippen LogP contribution in [0.2, 0.25) is 0 Å². The largest absolute Gasteiger partial charge is 0.481 e. The van der Waals surface area contributed by atoms with E-state index in [0.717, 1.165) is 16.3 Å².